The fourth-order valence-corrected chi connectivity index (χ4v) is 3.79. The maximum atomic E-state index is 12.1. The van der Waals surface area contributed by atoms with Crippen LogP contribution in [0.15, 0.2) is 42.5 Å². The molecule has 0 aliphatic carbocycles. The van der Waals surface area contributed by atoms with Crippen LogP contribution in [0.1, 0.15) is 11.1 Å². The number of anilines is 1. The molecule has 0 saturated carbocycles. The van der Waals surface area contributed by atoms with Gasteiger partial charge >= 0.3 is 0 Å². The third kappa shape index (κ3) is 7.40. The van der Waals surface area contributed by atoms with Gasteiger partial charge in [0.25, 0.3) is 0 Å². The van der Waals surface area contributed by atoms with E-state index in [1.807, 2.05) is 13.0 Å². The zero-order chi connectivity index (χ0) is 22.1. The van der Waals surface area contributed by atoms with Crippen molar-refractivity contribution in [3.63, 3.8) is 0 Å². The van der Waals surface area contributed by atoms with Crippen LogP contribution in [0.25, 0.3) is 0 Å². The van der Waals surface area contributed by atoms with E-state index >= 15 is 0 Å². The lowest BCUT2D eigenvalue weighted by molar-refractivity contribution is -0.118. The minimum Gasteiger partial charge on any atom is -0.493 e. The molecule has 0 atom stereocenters. The smallest absolute Gasteiger partial charge is 0.239 e. The molecule has 0 radical (unpaired) electrons. The molecule has 2 aromatic carbocycles. The number of nitrogens with one attached hydrogen (secondary N) is 2. The molecule has 0 fully saturated rings. The van der Waals surface area contributed by atoms with Gasteiger partial charge in [-0.3, -0.25) is 9.59 Å². The highest BCUT2D eigenvalue weighted by molar-refractivity contribution is 7.92. The number of amides is 2. The Morgan fingerprint density at radius 1 is 0.900 bits per heavy atom. The van der Waals surface area contributed by atoms with E-state index in [1.165, 1.54) is 7.11 Å². The predicted molar refractivity (Wildman–Crippen MR) is 115 cm³/mol. The summed E-state index contributed by atoms with van der Waals surface area (Å²) >= 11 is 0. The quantitative estimate of drug-likeness (QED) is 0.589. The number of sulfone groups is 1. The zero-order valence-electron chi connectivity index (χ0n) is 17.2. The van der Waals surface area contributed by atoms with Crippen molar-refractivity contribution in [2.75, 3.05) is 37.6 Å². The molecule has 2 amide bonds. The molecule has 0 heterocycles. The first kappa shape index (κ1) is 23.2. The van der Waals surface area contributed by atoms with Crippen LogP contribution in [-0.2, 0) is 25.8 Å². The molecule has 2 N–H and O–H groups in total. The molecule has 2 aromatic rings. The normalized spacial score (nSPS) is 10.9. The average Bonchev–Trinajstić information content (AvgIpc) is 2.68. The Morgan fingerprint density at radius 3 is 2.17 bits per heavy atom. The molecular weight excluding hydrogens is 408 g/mol. The van der Waals surface area contributed by atoms with Gasteiger partial charge in [-0.25, -0.2) is 8.42 Å². The Balaban J connectivity index is 1.80. The number of hydrogen-bond acceptors (Lipinski definition) is 6. The van der Waals surface area contributed by atoms with Gasteiger partial charge in [0.15, 0.2) is 21.3 Å². The molecule has 9 heteroatoms. The summed E-state index contributed by atoms with van der Waals surface area (Å²) in [5.41, 5.74) is 2.42. The number of ether oxygens (including phenoxy) is 2. The second-order valence-corrected chi connectivity index (χ2v) is 8.80. The minimum atomic E-state index is -3.88. The largest absolute Gasteiger partial charge is 0.493 e. The fourth-order valence-electron chi connectivity index (χ4n) is 2.72. The number of benzene rings is 2. The summed E-state index contributed by atoms with van der Waals surface area (Å²) in [6.45, 7) is 2.15. The maximum absolute atomic E-state index is 12.1. The SMILES string of the molecule is COc1ccc(CCNC(=O)CS(=O)(=O)CC(=O)Nc2ccc(C)cc2)cc1OC. The van der Waals surface area contributed by atoms with E-state index in [0.717, 1.165) is 11.1 Å². The summed E-state index contributed by atoms with van der Waals surface area (Å²) in [4.78, 5) is 23.9. The van der Waals surface area contributed by atoms with Crippen LogP contribution in [0.5, 0.6) is 11.5 Å². The third-order valence-electron chi connectivity index (χ3n) is 4.22. The number of methoxy groups -OCH3 is 2. The van der Waals surface area contributed by atoms with Crippen molar-refractivity contribution in [3.8, 4) is 11.5 Å². The molecule has 8 nitrogen and oxygen atoms in total. The molecule has 0 aliphatic heterocycles. The van der Waals surface area contributed by atoms with Crippen molar-refractivity contribution in [1.29, 1.82) is 0 Å². The van der Waals surface area contributed by atoms with Crippen LogP contribution in [0, 0.1) is 6.92 Å². The lowest BCUT2D eigenvalue weighted by Gasteiger charge is -2.10. The Hall–Kier alpha value is -3.07. The second kappa shape index (κ2) is 10.6. The van der Waals surface area contributed by atoms with Gasteiger partial charge in [0.1, 0.15) is 11.5 Å². The van der Waals surface area contributed by atoms with E-state index in [4.69, 9.17) is 9.47 Å². The summed E-state index contributed by atoms with van der Waals surface area (Å²) in [5, 5.41) is 5.07. The van der Waals surface area contributed by atoms with E-state index in [-0.39, 0.29) is 6.54 Å². The van der Waals surface area contributed by atoms with Gasteiger partial charge in [-0.15, -0.1) is 0 Å². The lowest BCUT2D eigenvalue weighted by Crippen LogP contribution is -2.35. The lowest BCUT2D eigenvalue weighted by atomic mass is 10.1. The first-order valence-corrected chi connectivity index (χ1v) is 11.1. The molecule has 30 heavy (non-hydrogen) atoms. The molecular formula is C21H26N2O6S. The fraction of sp³-hybridized carbons (Fsp3) is 0.333. The van der Waals surface area contributed by atoms with Crippen LogP contribution in [0.2, 0.25) is 0 Å². The number of hydrogen-bond donors (Lipinski definition) is 2. The molecule has 0 saturated heterocycles. The van der Waals surface area contributed by atoms with Crippen LogP contribution in [0.4, 0.5) is 5.69 Å². The van der Waals surface area contributed by atoms with Crippen molar-refractivity contribution in [2.24, 2.45) is 0 Å². The van der Waals surface area contributed by atoms with E-state index in [2.05, 4.69) is 10.6 Å². The summed E-state index contributed by atoms with van der Waals surface area (Å²) in [5.74, 6) is -1.68. The van der Waals surface area contributed by atoms with Crippen LogP contribution < -0.4 is 20.1 Å². The first-order chi connectivity index (χ1) is 14.2. The first-order valence-electron chi connectivity index (χ1n) is 9.27. The van der Waals surface area contributed by atoms with Gasteiger partial charge in [0, 0.05) is 12.2 Å². The monoisotopic (exact) mass is 434 g/mol. The summed E-state index contributed by atoms with van der Waals surface area (Å²) < 4.78 is 34.7. The highest BCUT2D eigenvalue weighted by atomic mass is 32.2. The number of carbonyl (C=O) groups excluding carboxylic acids is 2. The maximum Gasteiger partial charge on any atom is 0.239 e. The predicted octanol–water partition coefficient (Wildman–Crippen LogP) is 1.72. The molecule has 0 aliphatic rings. The Labute approximate surface area is 176 Å². The minimum absolute atomic E-state index is 0.249. The van der Waals surface area contributed by atoms with Crippen LogP contribution in [-0.4, -0.2) is 52.5 Å². The highest BCUT2D eigenvalue weighted by Crippen LogP contribution is 2.27. The van der Waals surface area contributed by atoms with E-state index in [0.29, 0.717) is 23.6 Å². The molecule has 162 valence electrons. The van der Waals surface area contributed by atoms with E-state index in [9.17, 15) is 18.0 Å². The van der Waals surface area contributed by atoms with Crippen LogP contribution >= 0.6 is 0 Å². The van der Waals surface area contributed by atoms with Gasteiger partial charge in [-0.1, -0.05) is 23.8 Å². The van der Waals surface area contributed by atoms with Crippen molar-refractivity contribution >= 4 is 27.3 Å². The highest BCUT2D eigenvalue weighted by Gasteiger charge is 2.20. The second-order valence-electron chi connectivity index (χ2n) is 6.74. The molecule has 0 unspecified atom stereocenters. The van der Waals surface area contributed by atoms with Gasteiger partial charge < -0.3 is 20.1 Å². The third-order valence-corrected chi connectivity index (χ3v) is 5.63. The topological polar surface area (TPSA) is 111 Å². The molecule has 0 bridgehead atoms. The number of carbonyl (C=O) groups is 2. The van der Waals surface area contributed by atoms with Gasteiger partial charge in [-0.05, 0) is 43.2 Å². The van der Waals surface area contributed by atoms with Crippen molar-refractivity contribution in [1.82, 2.24) is 5.32 Å². The average molecular weight is 435 g/mol. The zero-order valence-corrected chi connectivity index (χ0v) is 18.0. The summed E-state index contributed by atoms with van der Waals surface area (Å²) in [6.07, 6.45) is 0.486. The molecule has 2 rings (SSSR count). The van der Waals surface area contributed by atoms with Crippen molar-refractivity contribution < 1.29 is 27.5 Å². The van der Waals surface area contributed by atoms with Crippen LogP contribution in [0.3, 0.4) is 0 Å². The van der Waals surface area contributed by atoms with Crippen molar-refractivity contribution in [3.05, 3.63) is 53.6 Å². The van der Waals surface area contributed by atoms with E-state index < -0.39 is 33.2 Å². The summed E-state index contributed by atoms with van der Waals surface area (Å²) in [6, 6.07) is 12.3. The Bertz CT molecular complexity index is 987. The molecule has 0 spiro atoms. The van der Waals surface area contributed by atoms with Gasteiger partial charge in [-0.2, -0.15) is 0 Å². The summed E-state index contributed by atoms with van der Waals surface area (Å²) in [7, 11) is -0.812. The van der Waals surface area contributed by atoms with Crippen molar-refractivity contribution in [2.45, 2.75) is 13.3 Å². The molecule has 0 aromatic heterocycles. The Kier molecular flexibility index (Phi) is 8.23. The number of aryl methyl sites for hydroxylation is 1. The van der Waals surface area contributed by atoms with E-state index in [1.54, 1.807) is 43.5 Å². The number of rotatable bonds is 10. The van der Waals surface area contributed by atoms with Gasteiger partial charge in [0.05, 0.1) is 14.2 Å². The Morgan fingerprint density at radius 2 is 1.53 bits per heavy atom. The van der Waals surface area contributed by atoms with Gasteiger partial charge in [0.2, 0.25) is 11.8 Å². The standard InChI is InChI=1S/C21H26N2O6S/c1-15-4-7-17(8-5-15)23-21(25)14-30(26,27)13-20(24)22-11-10-16-6-9-18(28-2)19(12-16)29-3/h4-9,12H,10-11,13-14H2,1-3H3,(H,22,24)(H,23,25).